The monoisotopic (exact) mass is 303 g/mol. The average molecular weight is 303 g/mol. The minimum atomic E-state index is -0.325. The van der Waals surface area contributed by atoms with E-state index in [0.29, 0.717) is 23.4 Å². The Labute approximate surface area is 130 Å². The molecular weight excluding hydrogens is 282 g/mol. The lowest BCUT2D eigenvalue weighted by atomic mass is 10.1. The lowest BCUT2D eigenvalue weighted by molar-refractivity contribution is -0.130. The van der Waals surface area contributed by atoms with Gasteiger partial charge in [0.1, 0.15) is 6.54 Å². The Morgan fingerprint density at radius 1 is 1.32 bits per heavy atom. The van der Waals surface area contributed by atoms with E-state index in [1.165, 1.54) is 11.0 Å². The predicted molar refractivity (Wildman–Crippen MR) is 85.6 cm³/mol. The number of anilines is 1. The van der Waals surface area contributed by atoms with Gasteiger partial charge in [-0.05, 0) is 37.6 Å². The van der Waals surface area contributed by atoms with Crippen LogP contribution in [0.3, 0.4) is 0 Å². The zero-order valence-electron chi connectivity index (χ0n) is 13.1. The van der Waals surface area contributed by atoms with Gasteiger partial charge in [0.05, 0.1) is 0 Å². The minimum Gasteiger partial charge on any atom is -0.355 e. The van der Waals surface area contributed by atoms with Gasteiger partial charge in [0.15, 0.2) is 0 Å². The number of nitrogens with one attached hydrogen (secondary N) is 2. The van der Waals surface area contributed by atoms with Gasteiger partial charge in [-0.1, -0.05) is 12.6 Å². The number of carbonyl (C=O) groups is 3. The molecule has 0 aliphatic rings. The zero-order valence-corrected chi connectivity index (χ0v) is 13.1. The molecule has 6 heteroatoms. The highest BCUT2D eigenvalue weighted by atomic mass is 16.2. The molecule has 118 valence electrons. The first-order valence-electron chi connectivity index (χ1n) is 6.97. The number of rotatable bonds is 6. The second-order valence-electron chi connectivity index (χ2n) is 4.66. The Balaban J connectivity index is 2.87. The fraction of sp³-hybridized carbons (Fsp3) is 0.312. The number of amides is 3. The molecule has 1 aromatic rings. The molecule has 0 aromatic heterocycles. The second kappa shape index (κ2) is 7.97. The van der Waals surface area contributed by atoms with Crippen LogP contribution in [0.2, 0.25) is 0 Å². The number of carbonyl (C=O) groups excluding carboxylic acids is 3. The molecule has 0 bridgehead atoms. The van der Waals surface area contributed by atoms with E-state index >= 15 is 0 Å². The lowest BCUT2D eigenvalue weighted by Gasteiger charge is -2.19. The molecule has 22 heavy (non-hydrogen) atoms. The predicted octanol–water partition coefficient (Wildman–Crippen LogP) is 1.33. The van der Waals surface area contributed by atoms with E-state index in [2.05, 4.69) is 17.2 Å². The summed E-state index contributed by atoms with van der Waals surface area (Å²) in [4.78, 5) is 36.7. The number of benzene rings is 1. The first-order chi connectivity index (χ1) is 10.4. The zero-order chi connectivity index (χ0) is 16.7. The largest absolute Gasteiger partial charge is 0.355 e. The van der Waals surface area contributed by atoms with Crippen LogP contribution in [-0.2, 0) is 9.59 Å². The van der Waals surface area contributed by atoms with Gasteiger partial charge in [0.25, 0.3) is 5.91 Å². The van der Waals surface area contributed by atoms with Crippen LogP contribution in [0, 0.1) is 6.92 Å². The topological polar surface area (TPSA) is 78.5 Å². The van der Waals surface area contributed by atoms with E-state index in [0.717, 1.165) is 0 Å². The highest BCUT2D eigenvalue weighted by Gasteiger charge is 2.15. The van der Waals surface area contributed by atoms with E-state index in [4.69, 9.17) is 0 Å². The standard InChI is InChI=1S/C16H21N3O3/c1-5-15(21)19(6-2)10-14(20)18-13-9-7-8-12(11(13)3)16(22)17-4/h5,7-9H,1,6,10H2,2-4H3,(H,17,22)(H,18,20). The van der Waals surface area contributed by atoms with Crippen LogP contribution in [0.1, 0.15) is 22.8 Å². The Morgan fingerprint density at radius 3 is 2.55 bits per heavy atom. The van der Waals surface area contributed by atoms with Crippen molar-refractivity contribution in [3.63, 3.8) is 0 Å². The average Bonchev–Trinajstić information content (AvgIpc) is 2.53. The molecule has 1 rings (SSSR count). The highest BCUT2D eigenvalue weighted by Crippen LogP contribution is 2.18. The van der Waals surface area contributed by atoms with Crippen LogP contribution in [0.15, 0.2) is 30.9 Å². The van der Waals surface area contributed by atoms with Crippen molar-refractivity contribution in [1.82, 2.24) is 10.2 Å². The van der Waals surface area contributed by atoms with Crippen molar-refractivity contribution >= 4 is 23.4 Å². The molecule has 0 heterocycles. The van der Waals surface area contributed by atoms with Crippen molar-refractivity contribution in [2.75, 3.05) is 25.5 Å². The van der Waals surface area contributed by atoms with E-state index in [1.807, 2.05) is 0 Å². The van der Waals surface area contributed by atoms with Gasteiger partial charge in [0, 0.05) is 24.8 Å². The van der Waals surface area contributed by atoms with Gasteiger partial charge in [-0.25, -0.2) is 0 Å². The quantitative estimate of drug-likeness (QED) is 0.778. The van der Waals surface area contributed by atoms with E-state index in [1.54, 1.807) is 39.1 Å². The molecule has 0 radical (unpaired) electrons. The van der Waals surface area contributed by atoms with Crippen molar-refractivity contribution in [2.45, 2.75) is 13.8 Å². The smallest absolute Gasteiger partial charge is 0.251 e. The summed E-state index contributed by atoms with van der Waals surface area (Å²) in [6.07, 6.45) is 1.17. The summed E-state index contributed by atoms with van der Waals surface area (Å²) in [7, 11) is 1.55. The molecule has 0 atom stereocenters. The molecule has 1 aromatic carbocycles. The van der Waals surface area contributed by atoms with Crippen LogP contribution in [0.4, 0.5) is 5.69 Å². The Hall–Kier alpha value is -2.63. The maximum Gasteiger partial charge on any atom is 0.251 e. The molecule has 2 N–H and O–H groups in total. The molecular formula is C16H21N3O3. The fourth-order valence-electron chi connectivity index (χ4n) is 1.99. The molecule has 0 spiro atoms. The van der Waals surface area contributed by atoms with Gasteiger partial charge < -0.3 is 15.5 Å². The van der Waals surface area contributed by atoms with Gasteiger partial charge in [-0.15, -0.1) is 0 Å². The molecule has 0 fully saturated rings. The molecule has 3 amide bonds. The SMILES string of the molecule is C=CC(=O)N(CC)CC(=O)Nc1cccc(C(=O)NC)c1C. The number of likely N-dealkylation sites (N-methyl/N-ethyl adjacent to an activating group) is 1. The van der Waals surface area contributed by atoms with Crippen LogP contribution >= 0.6 is 0 Å². The summed E-state index contributed by atoms with van der Waals surface area (Å²) < 4.78 is 0. The third-order valence-corrected chi connectivity index (χ3v) is 3.28. The van der Waals surface area contributed by atoms with Crippen molar-refractivity contribution in [2.24, 2.45) is 0 Å². The molecule has 0 aliphatic carbocycles. The van der Waals surface area contributed by atoms with Crippen molar-refractivity contribution in [3.05, 3.63) is 42.0 Å². The summed E-state index contributed by atoms with van der Waals surface area (Å²) in [5.41, 5.74) is 1.72. The first kappa shape index (κ1) is 17.4. The van der Waals surface area contributed by atoms with E-state index < -0.39 is 0 Å². The Morgan fingerprint density at radius 2 is 2.00 bits per heavy atom. The van der Waals surface area contributed by atoms with Crippen LogP contribution in [-0.4, -0.2) is 42.8 Å². The van der Waals surface area contributed by atoms with Gasteiger partial charge in [0.2, 0.25) is 11.8 Å². The Kier molecular flexibility index (Phi) is 6.31. The van der Waals surface area contributed by atoms with Crippen molar-refractivity contribution in [1.29, 1.82) is 0 Å². The van der Waals surface area contributed by atoms with E-state index in [9.17, 15) is 14.4 Å². The molecule has 6 nitrogen and oxygen atoms in total. The fourth-order valence-corrected chi connectivity index (χ4v) is 1.99. The third kappa shape index (κ3) is 4.18. The maximum absolute atomic E-state index is 12.1. The molecule has 0 aliphatic heterocycles. The summed E-state index contributed by atoms with van der Waals surface area (Å²) in [6, 6.07) is 5.09. The first-order valence-corrected chi connectivity index (χ1v) is 6.97. The molecule has 0 unspecified atom stereocenters. The van der Waals surface area contributed by atoms with Crippen molar-refractivity contribution in [3.8, 4) is 0 Å². The van der Waals surface area contributed by atoms with Crippen molar-refractivity contribution < 1.29 is 14.4 Å². The number of hydrogen-bond donors (Lipinski definition) is 2. The normalized spacial score (nSPS) is 9.77. The van der Waals surface area contributed by atoms with Gasteiger partial charge in [-0.2, -0.15) is 0 Å². The lowest BCUT2D eigenvalue weighted by Crippen LogP contribution is -2.37. The molecule has 0 saturated heterocycles. The van der Waals surface area contributed by atoms with Crippen LogP contribution < -0.4 is 10.6 Å². The van der Waals surface area contributed by atoms with Gasteiger partial charge in [-0.3, -0.25) is 14.4 Å². The van der Waals surface area contributed by atoms with Crippen LogP contribution in [0.25, 0.3) is 0 Å². The maximum atomic E-state index is 12.1. The summed E-state index contributed by atoms with van der Waals surface area (Å²) >= 11 is 0. The summed E-state index contributed by atoms with van der Waals surface area (Å²) in [6.45, 7) is 7.30. The highest BCUT2D eigenvalue weighted by molar-refractivity contribution is 6.00. The number of nitrogens with zero attached hydrogens (tertiary/aromatic N) is 1. The third-order valence-electron chi connectivity index (χ3n) is 3.28. The summed E-state index contributed by atoms with van der Waals surface area (Å²) in [5, 5.41) is 5.28. The summed E-state index contributed by atoms with van der Waals surface area (Å²) in [5.74, 6) is -0.840. The molecule has 0 saturated carbocycles. The van der Waals surface area contributed by atoms with Crippen LogP contribution in [0.5, 0.6) is 0 Å². The van der Waals surface area contributed by atoms with Gasteiger partial charge >= 0.3 is 0 Å². The number of hydrogen-bond acceptors (Lipinski definition) is 3. The second-order valence-corrected chi connectivity index (χ2v) is 4.66. The Bertz CT molecular complexity index is 596. The van der Waals surface area contributed by atoms with E-state index in [-0.39, 0.29) is 24.3 Å². The minimum absolute atomic E-state index is 0.0645.